The molecule has 1 aliphatic carbocycles. The van der Waals surface area contributed by atoms with Gasteiger partial charge in [-0.25, -0.2) is 0 Å². The summed E-state index contributed by atoms with van der Waals surface area (Å²) in [5, 5.41) is 0. The Kier molecular flexibility index (Phi) is 4.04. The molecular formula is C16H25NO2. The molecule has 1 fully saturated rings. The van der Waals surface area contributed by atoms with Gasteiger partial charge in [0.2, 0.25) is 0 Å². The van der Waals surface area contributed by atoms with Crippen molar-refractivity contribution >= 4 is 0 Å². The van der Waals surface area contributed by atoms with Crippen molar-refractivity contribution < 1.29 is 9.47 Å². The summed E-state index contributed by atoms with van der Waals surface area (Å²) in [5.41, 5.74) is 7.69. The normalized spacial score (nSPS) is 25.3. The Morgan fingerprint density at radius 3 is 2.58 bits per heavy atom. The van der Waals surface area contributed by atoms with Crippen molar-refractivity contribution in [3.05, 3.63) is 23.8 Å². The first-order valence-corrected chi connectivity index (χ1v) is 7.07. The minimum Gasteiger partial charge on any atom is -0.493 e. The predicted molar refractivity (Wildman–Crippen MR) is 77.8 cm³/mol. The number of ether oxygens (including phenoxy) is 2. The van der Waals surface area contributed by atoms with Crippen LogP contribution < -0.4 is 15.2 Å². The fourth-order valence-electron chi connectivity index (χ4n) is 2.69. The van der Waals surface area contributed by atoms with Gasteiger partial charge in [0.15, 0.2) is 11.5 Å². The highest BCUT2D eigenvalue weighted by molar-refractivity contribution is 5.43. The topological polar surface area (TPSA) is 44.5 Å². The molecule has 0 bridgehead atoms. The molecule has 0 radical (unpaired) electrons. The molecular weight excluding hydrogens is 238 g/mol. The highest BCUT2D eigenvalue weighted by atomic mass is 16.5. The quantitative estimate of drug-likeness (QED) is 0.907. The summed E-state index contributed by atoms with van der Waals surface area (Å²) in [6.45, 7) is 6.54. The van der Waals surface area contributed by atoms with Crippen LogP contribution in [0.2, 0.25) is 0 Å². The van der Waals surface area contributed by atoms with Crippen molar-refractivity contribution in [1.82, 2.24) is 0 Å². The van der Waals surface area contributed by atoms with Crippen LogP contribution in [-0.2, 0) is 6.42 Å². The van der Waals surface area contributed by atoms with Gasteiger partial charge in [-0.1, -0.05) is 26.8 Å². The number of nitrogens with two attached hydrogens (primary N) is 1. The van der Waals surface area contributed by atoms with Crippen molar-refractivity contribution in [2.75, 3.05) is 7.11 Å². The van der Waals surface area contributed by atoms with Gasteiger partial charge in [0.05, 0.1) is 7.11 Å². The van der Waals surface area contributed by atoms with Gasteiger partial charge >= 0.3 is 0 Å². The Morgan fingerprint density at radius 1 is 1.32 bits per heavy atom. The maximum Gasteiger partial charge on any atom is 0.161 e. The molecule has 19 heavy (non-hydrogen) atoms. The van der Waals surface area contributed by atoms with Crippen LogP contribution in [0.15, 0.2) is 18.2 Å². The van der Waals surface area contributed by atoms with Crippen LogP contribution in [0.1, 0.15) is 39.2 Å². The van der Waals surface area contributed by atoms with Gasteiger partial charge < -0.3 is 15.2 Å². The van der Waals surface area contributed by atoms with Crippen molar-refractivity contribution in [2.24, 2.45) is 11.1 Å². The summed E-state index contributed by atoms with van der Waals surface area (Å²) in [5.74, 6) is 1.61. The van der Waals surface area contributed by atoms with Gasteiger partial charge in [0, 0.05) is 6.04 Å². The van der Waals surface area contributed by atoms with E-state index in [0.29, 0.717) is 0 Å². The molecule has 1 aromatic rings. The lowest BCUT2D eigenvalue weighted by atomic mass is 9.88. The third-order valence-electron chi connectivity index (χ3n) is 4.29. The molecule has 1 aliphatic rings. The lowest BCUT2D eigenvalue weighted by Crippen LogP contribution is -2.42. The van der Waals surface area contributed by atoms with Crippen LogP contribution in [0.5, 0.6) is 11.5 Å². The molecule has 1 aromatic carbocycles. The molecule has 106 valence electrons. The third-order valence-corrected chi connectivity index (χ3v) is 4.29. The van der Waals surface area contributed by atoms with Gasteiger partial charge in [-0.2, -0.15) is 0 Å². The second-order valence-electron chi connectivity index (χ2n) is 6.05. The van der Waals surface area contributed by atoms with E-state index in [4.69, 9.17) is 15.2 Å². The average molecular weight is 263 g/mol. The second-order valence-corrected chi connectivity index (χ2v) is 6.05. The van der Waals surface area contributed by atoms with Crippen molar-refractivity contribution in [2.45, 2.75) is 52.2 Å². The van der Waals surface area contributed by atoms with Crippen molar-refractivity contribution in [1.29, 1.82) is 0 Å². The van der Waals surface area contributed by atoms with Crippen LogP contribution in [0.3, 0.4) is 0 Å². The Hall–Kier alpha value is -1.22. The van der Waals surface area contributed by atoms with E-state index in [1.165, 1.54) is 5.56 Å². The van der Waals surface area contributed by atoms with E-state index in [2.05, 4.69) is 26.8 Å². The van der Waals surface area contributed by atoms with Gasteiger partial charge in [0.25, 0.3) is 0 Å². The number of benzene rings is 1. The molecule has 3 heteroatoms. The van der Waals surface area contributed by atoms with E-state index in [-0.39, 0.29) is 17.6 Å². The summed E-state index contributed by atoms with van der Waals surface area (Å²) in [6.07, 6.45) is 3.18. The monoisotopic (exact) mass is 263 g/mol. The summed E-state index contributed by atoms with van der Waals surface area (Å²) in [7, 11) is 1.68. The van der Waals surface area contributed by atoms with Crippen molar-refractivity contribution in [3.8, 4) is 11.5 Å². The zero-order valence-electron chi connectivity index (χ0n) is 12.4. The summed E-state index contributed by atoms with van der Waals surface area (Å²) in [6, 6.07) is 6.20. The molecule has 0 spiro atoms. The number of hydrogen-bond acceptors (Lipinski definition) is 3. The molecule has 2 unspecified atom stereocenters. The van der Waals surface area contributed by atoms with E-state index in [1.807, 2.05) is 12.1 Å². The molecule has 3 nitrogen and oxygen atoms in total. The summed E-state index contributed by atoms with van der Waals surface area (Å²) in [4.78, 5) is 0. The smallest absolute Gasteiger partial charge is 0.161 e. The molecule has 0 saturated heterocycles. The molecule has 0 aromatic heterocycles. The fraction of sp³-hybridized carbons (Fsp3) is 0.625. The zero-order chi connectivity index (χ0) is 14.0. The first kappa shape index (κ1) is 14.2. The third kappa shape index (κ3) is 2.86. The van der Waals surface area contributed by atoms with Crippen molar-refractivity contribution in [3.63, 3.8) is 0 Å². The summed E-state index contributed by atoms with van der Waals surface area (Å²) < 4.78 is 11.5. The minimum absolute atomic E-state index is 0.0723. The fourth-order valence-corrected chi connectivity index (χ4v) is 2.69. The number of aryl methyl sites for hydroxylation is 1. The first-order chi connectivity index (χ1) is 8.97. The van der Waals surface area contributed by atoms with Gasteiger partial charge in [-0.3, -0.25) is 0 Å². The number of methoxy groups -OCH3 is 1. The Bertz CT molecular complexity index is 442. The van der Waals surface area contributed by atoms with Crippen LogP contribution in [0, 0.1) is 5.41 Å². The molecule has 0 aliphatic heterocycles. The second kappa shape index (κ2) is 5.41. The minimum atomic E-state index is 0.0723. The summed E-state index contributed by atoms with van der Waals surface area (Å²) >= 11 is 0. The van der Waals surface area contributed by atoms with Gasteiger partial charge in [0.1, 0.15) is 6.10 Å². The SMILES string of the molecule is CCc1ccc(OC2CCC(C)(C)C2N)c(OC)c1. The average Bonchev–Trinajstić information content (AvgIpc) is 2.66. The van der Waals surface area contributed by atoms with E-state index < -0.39 is 0 Å². The largest absolute Gasteiger partial charge is 0.493 e. The number of rotatable bonds is 4. The van der Waals surface area contributed by atoms with Crippen LogP contribution in [0.25, 0.3) is 0 Å². The predicted octanol–water partition coefficient (Wildman–Crippen LogP) is 3.15. The van der Waals surface area contributed by atoms with Gasteiger partial charge in [-0.15, -0.1) is 0 Å². The van der Waals surface area contributed by atoms with Gasteiger partial charge in [-0.05, 0) is 42.4 Å². The Balaban J connectivity index is 2.15. The molecule has 2 N–H and O–H groups in total. The Morgan fingerprint density at radius 2 is 2.05 bits per heavy atom. The van der Waals surface area contributed by atoms with Crippen LogP contribution >= 0.6 is 0 Å². The van der Waals surface area contributed by atoms with Crippen LogP contribution in [-0.4, -0.2) is 19.3 Å². The highest BCUT2D eigenvalue weighted by Gasteiger charge is 2.41. The maximum absolute atomic E-state index is 6.29. The van der Waals surface area contributed by atoms with E-state index in [1.54, 1.807) is 7.11 Å². The standard InChI is InChI=1S/C16H25NO2/c1-5-11-6-7-12(14(10-11)18-4)19-13-8-9-16(2,3)15(13)17/h6-7,10,13,15H,5,8-9,17H2,1-4H3. The first-order valence-electron chi connectivity index (χ1n) is 7.07. The molecule has 0 amide bonds. The zero-order valence-corrected chi connectivity index (χ0v) is 12.4. The lowest BCUT2D eigenvalue weighted by molar-refractivity contribution is 0.159. The molecule has 2 atom stereocenters. The molecule has 1 saturated carbocycles. The molecule has 2 rings (SSSR count). The highest BCUT2D eigenvalue weighted by Crippen LogP contribution is 2.39. The molecule has 0 heterocycles. The van der Waals surface area contributed by atoms with E-state index >= 15 is 0 Å². The Labute approximate surface area is 116 Å². The van der Waals surface area contributed by atoms with E-state index in [0.717, 1.165) is 30.8 Å². The van der Waals surface area contributed by atoms with Crippen LogP contribution in [0.4, 0.5) is 0 Å². The lowest BCUT2D eigenvalue weighted by Gasteiger charge is -2.27. The maximum atomic E-state index is 6.29. The van der Waals surface area contributed by atoms with E-state index in [9.17, 15) is 0 Å². The number of hydrogen-bond donors (Lipinski definition) is 1.